The molecular formula is C22H23N3. The van der Waals surface area contributed by atoms with Crippen molar-refractivity contribution in [3.05, 3.63) is 71.9 Å². The molecule has 3 nitrogen and oxygen atoms in total. The van der Waals surface area contributed by atoms with E-state index in [1.807, 2.05) is 6.20 Å². The number of nitrogens with zero attached hydrogens (tertiary/aromatic N) is 3. The molecule has 0 radical (unpaired) electrons. The monoisotopic (exact) mass is 329 g/mol. The molecule has 1 aliphatic rings. The minimum atomic E-state index is 0.872. The molecule has 0 spiro atoms. The van der Waals surface area contributed by atoms with Gasteiger partial charge in [-0.15, -0.1) is 0 Å². The van der Waals surface area contributed by atoms with Crippen molar-refractivity contribution in [2.45, 2.75) is 19.9 Å². The van der Waals surface area contributed by atoms with E-state index in [0.717, 1.165) is 29.9 Å². The molecule has 0 amide bonds. The number of hydrogen-bond acceptors (Lipinski definition) is 3. The summed E-state index contributed by atoms with van der Waals surface area (Å²) in [6, 6.07) is 15.3. The maximum atomic E-state index is 4.57. The van der Waals surface area contributed by atoms with Crippen molar-refractivity contribution in [2.24, 2.45) is 0 Å². The molecule has 0 saturated heterocycles. The van der Waals surface area contributed by atoms with Crippen LogP contribution in [-0.2, 0) is 13.0 Å². The number of aryl methyl sites for hydroxylation is 1. The Balaban J connectivity index is 1.75. The van der Waals surface area contributed by atoms with Gasteiger partial charge in [0.05, 0.1) is 5.52 Å². The lowest BCUT2D eigenvalue weighted by molar-refractivity contribution is 1.04. The van der Waals surface area contributed by atoms with E-state index in [0.29, 0.717) is 0 Å². The van der Waals surface area contributed by atoms with Crippen LogP contribution in [0.2, 0.25) is 0 Å². The first kappa shape index (κ1) is 15.7. The number of rotatable bonds is 3. The number of pyridine rings is 1. The van der Waals surface area contributed by atoms with Crippen LogP contribution in [0.5, 0.6) is 0 Å². The van der Waals surface area contributed by atoms with Crippen molar-refractivity contribution < 1.29 is 0 Å². The first-order valence-corrected chi connectivity index (χ1v) is 8.73. The molecule has 0 saturated carbocycles. The molecule has 0 bridgehead atoms. The fourth-order valence-electron chi connectivity index (χ4n) is 3.59. The second kappa shape index (κ2) is 5.92. The van der Waals surface area contributed by atoms with Crippen LogP contribution in [0.1, 0.15) is 23.6 Å². The van der Waals surface area contributed by atoms with Crippen LogP contribution in [0.25, 0.3) is 16.6 Å². The lowest BCUT2D eigenvalue weighted by Gasteiger charge is -2.21. The van der Waals surface area contributed by atoms with E-state index in [1.165, 1.54) is 27.8 Å². The van der Waals surface area contributed by atoms with Crippen molar-refractivity contribution in [2.75, 3.05) is 23.9 Å². The van der Waals surface area contributed by atoms with Crippen LogP contribution >= 0.6 is 0 Å². The smallest absolute Gasteiger partial charge is 0.0743 e. The second-order valence-electron chi connectivity index (χ2n) is 6.80. The molecule has 0 N–H and O–H groups in total. The van der Waals surface area contributed by atoms with Gasteiger partial charge in [-0.25, -0.2) is 0 Å². The number of benzene rings is 2. The van der Waals surface area contributed by atoms with E-state index < -0.39 is 0 Å². The van der Waals surface area contributed by atoms with Gasteiger partial charge in [-0.2, -0.15) is 0 Å². The van der Waals surface area contributed by atoms with Crippen LogP contribution in [0.15, 0.2) is 55.2 Å². The minimum Gasteiger partial charge on any atom is -0.377 e. The largest absolute Gasteiger partial charge is 0.377 e. The molecule has 0 fully saturated rings. The number of anilines is 2. The fourth-order valence-corrected chi connectivity index (χ4v) is 3.59. The summed E-state index contributed by atoms with van der Waals surface area (Å²) < 4.78 is 0. The number of aromatic nitrogens is 1. The topological polar surface area (TPSA) is 19.4 Å². The second-order valence-corrected chi connectivity index (χ2v) is 6.80. The van der Waals surface area contributed by atoms with Gasteiger partial charge in [0.2, 0.25) is 0 Å². The normalized spacial score (nSPS) is 13.4. The molecule has 4 rings (SSSR count). The maximum Gasteiger partial charge on any atom is 0.0743 e. The highest BCUT2D eigenvalue weighted by Gasteiger charge is 2.24. The Kier molecular flexibility index (Phi) is 3.72. The van der Waals surface area contributed by atoms with Crippen molar-refractivity contribution in [3.63, 3.8) is 0 Å². The van der Waals surface area contributed by atoms with Gasteiger partial charge in [-0.05, 0) is 47.9 Å². The molecule has 1 aromatic heterocycles. The Bertz CT molecular complexity index is 972. The van der Waals surface area contributed by atoms with Crippen LogP contribution in [0.3, 0.4) is 0 Å². The molecule has 0 aliphatic carbocycles. The van der Waals surface area contributed by atoms with E-state index in [4.69, 9.17) is 0 Å². The lowest BCUT2D eigenvalue weighted by Crippen LogP contribution is -2.13. The first-order valence-electron chi connectivity index (χ1n) is 8.73. The van der Waals surface area contributed by atoms with Gasteiger partial charge in [-0.3, -0.25) is 4.98 Å². The van der Waals surface area contributed by atoms with Gasteiger partial charge in [0, 0.05) is 54.9 Å². The number of hydrogen-bond donors (Lipinski definition) is 0. The summed E-state index contributed by atoms with van der Waals surface area (Å²) in [4.78, 5) is 8.99. The fraction of sp³-hybridized carbons (Fsp3) is 0.227. The third-order valence-corrected chi connectivity index (χ3v) is 5.04. The van der Waals surface area contributed by atoms with E-state index in [9.17, 15) is 0 Å². The van der Waals surface area contributed by atoms with Crippen LogP contribution < -0.4 is 9.80 Å². The highest BCUT2D eigenvalue weighted by atomic mass is 15.2. The zero-order valence-electron chi connectivity index (χ0n) is 15.1. The Hall–Kier alpha value is -2.81. The molecule has 3 aromatic rings. The molecular weight excluding hydrogens is 306 g/mol. The molecule has 0 atom stereocenters. The third kappa shape index (κ3) is 2.56. The summed E-state index contributed by atoms with van der Waals surface area (Å²) in [6.45, 7) is 7.41. The van der Waals surface area contributed by atoms with Crippen molar-refractivity contribution in [1.82, 2.24) is 4.98 Å². The van der Waals surface area contributed by atoms with Gasteiger partial charge in [0.25, 0.3) is 0 Å². The first-order chi connectivity index (χ1) is 12.1. The minimum absolute atomic E-state index is 0.872. The van der Waals surface area contributed by atoms with Crippen LogP contribution in [0.4, 0.5) is 11.4 Å². The Morgan fingerprint density at radius 1 is 1.12 bits per heavy atom. The average molecular weight is 329 g/mol. The molecule has 126 valence electrons. The van der Waals surface area contributed by atoms with Crippen LogP contribution in [0, 0.1) is 0 Å². The van der Waals surface area contributed by atoms with Gasteiger partial charge in [0.1, 0.15) is 0 Å². The Morgan fingerprint density at radius 2 is 1.96 bits per heavy atom. The van der Waals surface area contributed by atoms with Gasteiger partial charge in [0.15, 0.2) is 0 Å². The van der Waals surface area contributed by atoms with Gasteiger partial charge in [-0.1, -0.05) is 25.6 Å². The molecule has 0 unspecified atom stereocenters. The van der Waals surface area contributed by atoms with E-state index in [1.54, 1.807) is 0 Å². The summed E-state index contributed by atoms with van der Waals surface area (Å²) in [6.07, 6.45) is 2.93. The standard InChI is InChI=1S/C22H23N3/c1-5-16-6-7-17-14-25(15(2)20(17)12-16)18-8-9-19-21(13-18)23-11-10-22(19)24(3)4/h6-13H,2,5,14H2,1,3-4H3. The van der Waals surface area contributed by atoms with E-state index >= 15 is 0 Å². The third-order valence-electron chi connectivity index (χ3n) is 5.04. The highest BCUT2D eigenvalue weighted by molar-refractivity contribution is 5.95. The summed E-state index contributed by atoms with van der Waals surface area (Å²) >= 11 is 0. The summed E-state index contributed by atoms with van der Waals surface area (Å²) in [7, 11) is 4.12. The molecule has 1 aliphatic heterocycles. The quantitative estimate of drug-likeness (QED) is 0.684. The van der Waals surface area contributed by atoms with Crippen molar-refractivity contribution in [3.8, 4) is 0 Å². The predicted molar refractivity (Wildman–Crippen MR) is 107 cm³/mol. The summed E-state index contributed by atoms with van der Waals surface area (Å²) in [5, 5.41) is 1.17. The lowest BCUT2D eigenvalue weighted by atomic mass is 10.0. The summed E-state index contributed by atoms with van der Waals surface area (Å²) in [5.41, 5.74) is 8.40. The average Bonchev–Trinajstić information content (AvgIpc) is 2.96. The molecule has 25 heavy (non-hydrogen) atoms. The zero-order chi connectivity index (χ0) is 17.6. The molecule has 2 aromatic carbocycles. The van der Waals surface area contributed by atoms with Crippen molar-refractivity contribution >= 4 is 28.0 Å². The maximum absolute atomic E-state index is 4.57. The summed E-state index contributed by atoms with van der Waals surface area (Å²) in [5.74, 6) is 0. The Labute approximate surface area is 149 Å². The SMILES string of the molecule is C=C1c2cc(CC)ccc2CN1c1ccc2c(N(C)C)ccnc2c1. The van der Waals surface area contributed by atoms with Gasteiger partial charge < -0.3 is 9.80 Å². The molecule has 3 heteroatoms. The predicted octanol–water partition coefficient (Wildman–Crippen LogP) is 4.85. The van der Waals surface area contributed by atoms with E-state index in [-0.39, 0.29) is 0 Å². The van der Waals surface area contributed by atoms with E-state index in [2.05, 4.69) is 84.8 Å². The zero-order valence-corrected chi connectivity index (χ0v) is 15.1. The van der Waals surface area contributed by atoms with Crippen molar-refractivity contribution in [1.29, 1.82) is 0 Å². The number of fused-ring (bicyclic) bond motifs is 2. The van der Waals surface area contributed by atoms with Crippen LogP contribution in [-0.4, -0.2) is 19.1 Å². The highest BCUT2D eigenvalue weighted by Crippen LogP contribution is 2.38. The Morgan fingerprint density at radius 3 is 2.72 bits per heavy atom. The van der Waals surface area contributed by atoms with Gasteiger partial charge >= 0.3 is 0 Å². The molecule has 2 heterocycles.